The minimum atomic E-state index is -2.02. The number of ether oxygens (including phenoxy) is 1. The molecule has 31 heavy (non-hydrogen) atoms. The van der Waals surface area contributed by atoms with Gasteiger partial charge in [0.15, 0.2) is 11.4 Å². The molecule has 3 aromatic rings. The molecule has 1 atom stereocenters. The highest BCUT2D eigenvalue weighted by Crippen LogP contribution is 2.43. The molecule has 1 heterocycles. The number of anilines is 1. The fourth-order valence-electron chi connectivity index (χ4n) is 3.87. The maximum atomic E-state index is 14.2. The summed E-state index contributed by atoms with van der Waals surface area (Å²) in [4.78, 5) is 27.5. The van der Waals surface area contributed by atoms with Gasteiger partial charge in [-0.3, -0.25) is 9.59 Å². The van der Waals surface area contributed by atoms with Crippen molar-refractivity contribution >= 4 is 17.4 Å². The van der Waals surface area contributed by atoms with Crippen molar-refractivity contribution in [2.45, 2.75) is 25.5 Å². The van der Waals surface area contributed by atoms with E-state index in [0.29, 0.717) is 34.7 Å². The van der Waals surface area contributed by atoms with Gasteiger partial charge in [-0.25, -0.2) is 4.39 Å². The van der Waals surface area contributed by atoms with Gasteiger partial charge in [-0.15, -0.1) is 0 Å². The minimum absolute atomic E-state index is 0.0396. The summed E-state index contributed by atoms with van der Waals surface area (Å²) in [6.07, 6.45) is -0.412. The molecule has 158 valence electrons. The van der Waals surface area contributed by atoms with E-state index in [1.54, 1.807) is 66.7 Å². The van der Waals surface area contributed by atoms with Crippen LogP contribution in [0.4, 0.5) is 10.1 Å². The number of rotatable bonds is 7. The molecule has 0 saturated heterocycles. The highest BCUT2D eigenvalue weighted by Gasteiger charge is 2.50. The number of fused-ring (bicyclic) bond motifs is 1. The van der Waals surface area contributed by atoms with Crippen LogP contribution in [-0.4, -0.2) is 23.4 Å². The molecule has 0 spiro atoms. The lowest BCUT2D eigenvalue weighted by atomic mass is 9.88. The third-order valence-corrected chi connectivity index (χ3v) is 5.43. The predicted octanol–water partition coefficient (Wildman–Crippen LogP) is 4.23. The second kappa shape index (κ2) is 8.32. The van der Waals surface area contributed by atoms with E-state index in [-0.39, 0.29) is 12.3 Å². The molecule has 0 aromatic heterocycles. The highest BCUT2D eigenvalue weighted by molar-refractivity contribution is 6.10. The number of para-hydroxylation sites is 1. The summed E-state index contributed by atoms with van der Waals surface area (Å²) in [6, 6.07) is 19.5. The van der Waals surface area contributed by atoms with Gasteiger partial charge in [-0.05, 0) is 43.3 Å². The summed E-state index contributed by atoms with van der Waals surface area (Å²) in [5, 5.41) is 11.4. The first-order valence-electron chi connectivity index (χ1n) is 10.1. The Labute approximate surface area is 179 Å². The van der Waals surface area contributed by atoms with E-state index in [1.165, 1.54) is 11.0 Å². The van der Waals surface area contributed by atoms with E-state index in [1.807, 2.05) is 6.92 Å². The maximum Gasteiger partial charge on any atom is 0.264 e. The first kappa shape index (κ1) is 20.8. The second-order valence-corrected chi connectivity index (χ2v) is 7.42. The van der Waals surface area contributed by atoms with Crippen molar-refractivity contribution in [2.75, 3.05) is 11.5 Å². The number of hydrogen-bond acceptors (Lipinski definition) is 4. The van der Waals surface area contributed by atoms with Gasteiger partial charge in [-0.1, -0.05) is 36.4 Å². The summed E-state index contributed by atoms with van der Waals surface area (Å²) in [6.45, 7) is 2.34. The molecule has 1 unspecified atom stereocenters. The molecule has 1 amide bonds. The molecule has 0 saturated carbocycles. The zero-order chi connectivity index (χ0) is 22.0. The number of benzene rings is 3. The summed E-state index contributed by atoms with van der Waals surface area (Å²) in [5.74, 6) is -0.817. The molecular weight excluding hydrogens is 397 g/mol. The molecule has 1 aliphatic rings. The predicted molar refractivity (Wildman–Crippen MR) is 114 cm³/mol. The zero-order valence-electron chi connectivity index (χ0n) is 17.0. The number of hydrogen-bond donors (Lipinski definition) is 1. The number of nitrogens with zero attached hydrogens (tertiary/aromatic N) is 1. The lowest BCUT2D eigenvalue weighted by molar-refractivity contribution is -0.136. The average Bonchev–Trinajstić information content (AvgIpc) is 2.98. The van der Waals surface area contributed by atoms with E-state index in [0.717, 1.165) is 0 Å². The Morgan fingerprint density at radius 3 is 2.42 bits per heavy atom. The number of halogens is 1. The van der Waals surface area contributed by atoms with Crippen molar-refractivity contribution in [3.63, 3.8) is 0 Å². The standard InChI is InChI=1S/C25H22FNO4/c1-2-31-19-13-11-17(12-14-19)23(28)15-25(30)20-8-4-6-10-22(20)27(24(25)29)16-18-7-3-5-9-21(18)26/h3-14,30H,2,15-16H2,1H3. The summed E-state index contributed by atoms with van der Waals surface area (Å²) >= 11 is 0. The van der Waals surface area contributed by atoms with Crippen LogP contribution in [0.1, 0.15) is 34.8 Å². The Morgan fingerprint density at radius 1 is 1.03 bits per heavy atom. The quantitative estimate of drug-likeness (QED) is 0.582. The van der Waals surface area contributed by atoms with Gasteiger partial charge in [0, 0.05) is 16.7 Å². The van der Waals surface area contributed by atoms with Crippen LogP contribution in [0.2, 0.25) is 0 Å². The third kappa shape index (κ3) is 3.82. The summed E-state index contributed by atoms with van der Waals surface area (Å²) in [5.41, 5.74) is -0.506. The lowest BCUT2D eigenvalue weighted by Gasteiger charge is -2.23. The molecule has 5 nitrogen and oxygen atoms in total. The van der Waals surface area contributed by atoms with Crippen LogP contribution >= 0.6 is 0 Å². The van der Waals surface area contributed by atoms with Crippen LogP contribution in [0.15, 0.2) is 72.8 Å². The topological polar surface area (TPSA) is 66.8 Å². The fourth-order valence-corrected chi connectivity index (χ4v) is 3.87. The number of carbonyl (C=O) groups excluding carboxylic acids is 2. The van der Waals surface area contributed by atoms with Crippen LogP contribution in [0.3, 0.4) is 0 Å². The first-order chi connectivity index (χ1) is 14.9. The summed E-state index contributed by atoms with van der Waals surface area (Å²) in [7, 11) is 0. The second-order valence-electron chi connectivity index (χ2n) is 7.42. The molecule has 3 aromatic carbocycles. The van der Waals surface area contributed by atoms with Crippen molar-refractivity contribution in [3.05, 3.63) is 95.3 Å². The molecule has 0 radical (unpaired) electrons. The Kier molecular flexibility index (Phi) is 5.57. The SMILES string of the molecule is CCOc1ccc(C(=O)CC2(O)C(=O)N(Cc3ccccc3F)c3ccccc32)cc1. The number of carbonyl (C=O) groups is 2. The van der Waals surface area contributed by atoms with Crippen LogP contribution in [0, 0.1) is 5.82 Å². The number of amides is 1. The fraction of sp³-hybridized carbons (Fsp3) is 0.200. The number of ketones is 1. The van der Waals surface area contributed by atoms with Crippen molar-refractivity contribution in [1.29, 1.82) is 0 Å². The molecule has 1 aliphatic heterocycles. The maximum absolute atomic E-state index is 14.2. The molecule has 1 N–H and O–H groups in total. The number of aliphatic hydroxyl groups is 1. The monoisotopic (exact) mass is 419 g/mol. The Morgan fingerprint density at radius 2 is 1.71 bits per heavy atom. The van der Waals surface area contributed by atoms with Gasteiger partial charge in [0.1, 0.15) is 11.6 Å². The molecule has 0 fully saturated rings. The van der Waals surface area contributed by atoms with Gasteiger partial charge >= 0.3 is 0 Å². The van der Waals surface area contributed by atoms with Gasteiger partial charge in [-0.2, -0.15) is 0 Å². The average molecular weight is 419 g/mol. The number of Topliss-reactive ketones (excluding diaryl/α,β-unsaturated/α-hetero) is 1. The van der Waals surface area contributed by atoms with E-state index in [9.17, 15) is 19.1 Å². The molecular formula is C25H22FNO4. The van der Waals surface area contributed by atoms with E-state index in [4.69, 9.17) is 4.74 Å². The Bertz CT molecular complexity index is 1130. The summed E-state index contributed by atoms with van der Waals surface area (Å²) < 4.78 is 19.6. The molecule has 0 aliphatic carbocycles. The zero-order valence-corrected chi connectivity index (χ0v) is 17.0. The highest BCUT2D eigenvalue weighted by atomic mass is 19.1. The van der Waals surface area contributed by atoms with Crippen LogP contribution in [0.5, 0.6) is 5.75 Å². The molecule has 4 rings (SSSR count). The first-order valence-corrected chi connectivity index (χ1v) is 10.1. The van der Waals surface area contributed by atoms with Crippen molar-refractivity contribution in [1.82, 2.24) is 0 Å². The van der Waals surface area contributed by atoms with Crippen LogP contribution in [-0.2, 0) is 16.9 Å². The lowest BCUT2D eigenvalue weighted by Crippen LogP contribution is -2.41. The van der Waals surface area contributed by atoms with E-state index >= 15 is 0 Å². The third-order valence-electron chi connectivity index (χ3n) is 5.43. The van der Waals surface area contributed by atoms with Gasteiger partial charge in [0.25, 0.3) is 5.91 Å². The Balaban J connectivity index is 1.63. The molecule has 0 bridgehead atoms. The van der Waals surface area contributed by atoms with Gasteiger partial charge in [0.2, 0.25) is 0 Å². The van der Waals surface area contributed by atoms with Gasteiger partial charge in [0.05, 0.1) is 25.3 Å². The van der Waals surface area contributed by atoms with Crippen molar-refractivity contribution in [3.8, 4) is 5.75 Å². The van der Waals surface area contributed by atoms with E-state index in [2.05, 4.69) is 0 Å². The molecule has 6 heteroatoms. The van der Waals surface area contributed by atoms with Gasteiger partial charge < -0.3 is 14.7 Å². The Hall–Kier alpha value is -3.51. The van der Waals surface area contributed by atoms with Crippen LogP contribution < -0.4 is 9.64 Å². The van der Waals surface area contributed by atoms with E-state index < -0.39 is 23.7 Å². The van der Waals surface area contributed by atoms with Crippen molar-refractivity contribution in [2.24, 2.45) is 0 Å². The smallest absolute Gasteiger partial charge is 0.264 e. The minimum Gasteiger partial charge on any atom is -0.494 e. The van der Waals surface area contributed by atoms with Crippen molar-refractivity contribution < 1.29 is 23.8 Å². The normalized spacial score (nSPS) is 17.5. The largest absolute Gasteiger partial charge is 0.494 e. The van der Waals surface area contributed by atoms with Crippen LogP contribution in [0.25, 0.3) is 0 Å².